The summed E-state index contributed by atoms with van der Waals surface area (Å²) in [7, 11) is 0. The van der Waals surface area contributed by atoms with E-state index >= 15 is 0 Å². The van der Waals surface area contributed by atoms with Gasteiger partial charge in [0.15, 0.2) is 0 Å². The van der Waals surface area contributed by atoms with Crippen LogP contribution in [0.15, 0.2) is 24.3 Å². The molecule has 1 nitrogen and oxygen atoms in total. The summed E-state index contributed by atoms with van der Waals surface area (Å²) in [5.74, 6) is 0.992. The van der Waals surface area contributed by atoms with Gasteiger partial charge in [0, 0.05) is 0 Å². The van der Waals surface area contributed by atoms with E-state index in [9.17, 15) is 4.39 Å². The zero-order chi connectivity index (χ0) is 10.7. The first-order valence-corrected chi connectivity index (χ1v) is 5.72. The van der Waals surface area contributed by atoms with Crippen LogP contribution in [0, 0.1) is 11.7 Å². The van der Waals surface area contributed by atoms with E-state index in [-0.39, 0.29) is 5.82 Å². The fraction of sp³-hybridized carbons (Fsp3) is 0.538. The molecule has 0 radical (unpaired) electrons. The van der Waals surface area contributed by atoms with Crippen LogP contribution >= 0.6 is 0 Å². The summed E-state index contributed by atoms with van der Waals surface area (Å²) in [4.78, 5) is 0. The molecule has 2 atom stereocenters. The highest BCUT2D eigenvalue weighted by atomic mass is 19.1. The molecule has 0 aromatic heterocycles. The van der Waals surface area contributed by atoms with Crippen molar-refractivity contribution in [3.8, 4) is 0 Å². The lowest BCUT2D eigenvalue weighted by Crippen LogP contribution is -2.11. The quantitative estimate of drug-likeness (QED) is 0.803. The molecular formula is C13H18FN. The van der Waals surface area contributed by atoms with Crippen LogP contribution in [-0.2, 0) is 0 Å². The lowest BCUT2D eigenvalue weighted by atomic mass is 9.89. The van der Waals surface area contributed by atoms with E-state index in [0.717, 1.165) is 31.0 Å². The van der Waals surface area contributed by atoms with E-state index in [1.807, 2.05) is 12.1 Å². The minimum atomic E-state index is -0.0593. The van der Waals surface area contributed by atoms with Gasteiger partial charge in [-0.15, -0.1) is 0 Å². The molecule has 15 heavy (non-hydrogen) atoms. The van der Waals surface area contributed by atoms with Crippen LogP contribution in [0.3, 0.4) is 0 Å². The zero-order valence-electron chi connectivity index (χ0n) is 9.17. The summed E-state index contributed by atoms with van der Waals surface area (Å²) in [5.41, 5.74) is 0.865. The second-order valence-corrected chi connectivity index (χ2v) is 4.52. The van der Waals surface area contributed by atoms with Crippen molar-refractivity contribution >= 4 is 0 Å². The van der Waals surface area contributed by atoms with Crippen molar-refractivity contribution < 1.29 is 4.39 Å². The average Bonchev–Trinajstić information content (AvgIpc) is 2.71. The first-order valence-electron chi connectivity index (χ1n) is 5.72. The fourth-order valence-electron chi connectivity index (χ4n) is 2.42. The van der Waals surface area contributed by atoms with Gasteiger partial charge in [-0.1, -0.05) is 25.1 Å². The first-order chi connectivity index (χ1) is 7.27. The summed E-state index contributed by atoms with van der Waals surface area (Å²) in [6.07, 6.45) is 2.33. The van der Waals surface area contributed by atoms with E-state index in [0.29, 0.717) is 5.92 Å². The molecule has 82 valence electrons. The minimum absolute atomic E-state index is 0.0593. The Labute approximate surface area is 90.7 Å². The Morgan fingerprint density at radius 3 is 2.93 bits per heavy atom. The molecule has 1 aliphatic heterocycles. The SMILES string of the molecule is CC(CC1CCNC1)c1ccccc1F. The molecule has 0 bridgehead atoms. The summed E-state index contributed by atoms with van der Waals surface area (Å²) in [6.45, 7) is 4.34. The third-order valence-corrected chi connectivity index (χ3v) is 3.29. The Morgan fingerprint density at radius 2 is 2.27 bits per heavy atom. The Bertz CT molecular complexity index is 318. The van der Waals surface area contributed by atoms with Crippen LogP contribution in [0.5, 0.6) is 0 Å². The van der Waals surface area contributed by atoms with Gasteiger partial charge in [-0.2, -0.15) is 0 Å². The Morgan fingerprint density at radius 1 is 1.47 bits per heavy atom. The van der Waals surface area contributed by atoms with Gasteiger partial charge in [0.05, 0.1) is 0 Å². The molecule has 2 rings (SSSR count). The van der Waals surface area contributed by atoms with Gasteiger partial charge in [0.1, 0.15) is 5.82 Å². The average molecular weight is 207 g/mol. The van der Waals surface area contributed by atoms with Crippen molar-refractivity contribution in [2.24, 2.45) is 5.92 Å². The molecule has 1 aliphatic rings. The second-order valence-electron chi connectivity index (χ2n) is 4.52. The molecule has 0 aliphatic carbocycles. The predicted octanol–water partition coefficient (Wildman–Crippen LogP) is 2.93. The van der Waals surface area contributed by atoms with Crippen molar-refractivity contribution in [2.75, 3.05) is 13.1 Å². The maximum absolute atomic E-state index is 13.5. The molecule has 0 saturated carbocycles. The maximum atomic E-state index is 13.5. The van der Waals surface area contributed by atoms with Crippen LogP contribution in [0.2, 0.25) is 0 Å². The van der Waals surface area contributed by atoms with Crippen LogP contribution in [0.4, 0.5) is 4.39 Å². The zero-order valence-corrected chi connectivity index (χ0v) is 9.17. The lowest BCUT2D eigenvalue weighted by Gasteiger charge is -2.16. The van der Waals surface area contributed by atoms with Gasteiger partial charge in [0.2, 0.25) is 0 Å². The summed E-state index contributed by atoms with van der Waals surface area (Å²) in [6, 6.07) is 7.13. The van der Waals surface area contributed by atoms with E-state index in [4.69, 9.17) is 0 Å². The third kappa shape index (κ3) is 2.57. The van der Waals surface area contributed by atoms with E-state index in [1.165, 1.54) is 6.42 Å². The van der Waals surface area contributed by atoms with E-state index < -0.39 is 0 Å². The molecule has 1 fully saturated rings. The number of hydrogen-bond acceptors (Lipinski definition) is 1. The number of halogens is 1. The molecule has 1 aromatic rings. The van der Waals surface area contributed by atoms with Crippen LogP contribution < -0.4 is 5.32 Å². The molecule has 1 aromatic carbocycles. The molecule has 1 N–H and O–H groups in total. The monoisotopic (exact) mass is 207 g/mol. The number of hydrogen-bond donors (Lipinski definition) is 1. The Balaban J connectivity index is 2.00. The highest BCUT2D eigenvalue weighted by Gasteiger charge is 2.19. The molecule has 2 heteroatoms. The fourth-order valence-corrected chi connectivity index (χ4v) is 2.42. The molecule has 0 amide bonds. The van der Waals surface area contributed by atoms with Crippen molar-refractivity contribution in [1.29, 1.82) is 0 Å². The number of rotatable bonds is 3. The highest BCUT2D eigenvalue weighted by molar-refractivity contribution is 5.21. The van der Waals surface area contributed by atoms with Crippen LogP contribution in [0.25, 0.3) is 0 Å². The molecule has 1 saturated heterocycles. The number of nitrogens with one attached hydrogen (secondary N) is 1. The number of benzene rings is 1. The smallest absolute Gasteiger partial charge is 0.126 e. The van der Waals surface area contributed by atoms with E-state index in [2.05, 4.69) is 12.2 Å². The third-order valence-electron chi connectivity index (χ3n) is 3.29. The maximum Gasteiger partial charge on any atom is 0.126 e. The van der Waals surface area contributed by atoms with Gasteiger partial charge in [-0.05, 0) is 49.4 Å². The van der Waals surface area contributed by atoms with Gasteiger partial charge >= 0.3 is 0 Å². The standard InChI is InChI=1S/C13H18FN/c1-10(8-11-6-7-15-9-11)12-4-2-3-5-13(12)14/h2-5,10-11,15H,6-9H2,1H3. The predicted molar refractivity (Wildman–Crippen MR) is 60.4 cm³/mol. The lowest BCUT2D eigenvalue weighted by molar-refractivity contribution is 0.470. The van der Waals surface area contributed by atoms with Crippen LogP contribution in [0.1, 0.15) is 31.2 Å². The molecule has 0 spiro atoms. The highest BCUT2D eigenvalue weighted by Crippen LogP contribution is 2.27. The van der Waals surface area contributed by atoms with Gasteiger partial charge in [-0.25, -0.2) is 4.39 Å². The second kappa shape index (κ2) is 4.75. The summed E-state index contributed by atoms with van der Waals surface area (Å²) >= 11 is 0. The van der Waals surface area contributed by atoms with E-state index in [1.54, 1.807) is 12.1 Å². The summed E-state index contributed by atoms with van der Waals surface area (Å²) in [5, 5.41) is 3.35. The Kier molecular flexibility index (Phi) is 3.37. The van der Waals surface area contributed by atoms with Gasteiger partial charge in [-0.3, -0.25) is 0 Å². The van der Waals surface area contributed by atoms with Crippen molar-refractivity contribution in [2.45, 2.75) is 25.7 Å². The van der Waals surface area contributed by atoms with Gasteiger partial charge < -0.3 is 5.32 Å². The normalized spacial score (nSPS) is 22.9. The topological polar surface area (TPSA) is 12.0 Å². The summed E-state index contributed by atoms with van der Waals surface area (Å²) < 4.78 is 13.5. The van der Waals surface area contributed by atoms with Gasteiger partial charge in [0.25, 0.3) is 0 Å². The van der Waals surface area contributed by atoms with Crippen molar-refractivity contribution in [3.05, 3.63) is 35.6 Å². The largest absolute Gasteiger partial charge is 0.316 e. The van der Waals surface area contributed by atoms with Crippen molar-refractivity contribution in [1.82, 2.24) is 5.32 Å². The molecule has 1 heterocycles. The van der Waals surface area contributed by atoms with Crippen LogP contribution in [-0.4, -0.2) is 13.1 Å². The first kappa shape index (κ1) is 10.6. The molecule has 2 unspecified atom stereocenters. The Hall–Kier alpha value is -0.890. The van der Waals surface area contributed by atoms with Crippen molar-refractivity contribution in [3.63, 3.8) is 0 Å². The minimum Gasteiger partial charge on any atom is -0.316 e. The molecular weight excluding hydrogens is 189 g/mol.